The highest BCUT2D eigenvalue weighted by molar-refractivity contribution is 7.99. The van der Waals surface area contributed by atoms with Crippen LogP contribution in [-0.2, 0) is 20.3 Å². The van der Waals surface area contributed by atoms with Crippen LogP contribution in [0, 0.1) is 11.8 Å². The molecule has 2 rings (SSSR count). The van der Waals surface area contributed by atoms with Crippen molar-refractivity contribution in [3.05, 3.63) is 59.7 Å². The third-order valence-corrected chi connectivity index (χ3v) is 10.2. The zero-order chi connectivity index (χ0) is 32.2. The van der Waals surface area contributed by atoms with Crippen LogP contribution in [-0.4, -0.2) is 60.9 Å². The highest BCUT2D eigenvalue weighted by atomic mass is 35.5. The van der Waals surface area contributed by atoms with Crippen LogP contribution in [0.1, 0.15) is 80.4 Å². The first-order chi connectivity index (χ1) is 20.1. The molecule has 0 saturated carbocycles. The predicted molar refractivity (Wildman–Crippen MR) is 187 cm³/mol. The van der Waals surface area contributed by atoms with Crippen LogP contribution in [0.5, 0.6) is 11.5 Å². The Morgan fingerprint density at radius 1 is 0.558 bits per heavy atom. The SMILES string of the molecule is CC(COc1ccc(C(C)(C)C)cc1)OCC(C)C(Cl)CSCC(Cl)C(C)COC(C)COc1ccc(C(C)(C)C)cc1. The molecule has 0 bridgehead atoms. The first kappa shape index (κ1) is 38.1. The number of ether oxygens (including phenoxy) is 4. The highest BCUT2D eigenvalue weighted by Gasteiger charge is 2.21. The number of halogens is 2. The largest absolute Gasteiger partial charge is 0.491 e. The van der Waals surface area contributed by atoms with Crippen LogP contribution in [0.15, 0.2) is 48.5 Å². The van der Waals surface area contributed by atoms with E-state index in [2.05, 4.69) is 79.7 Å². The Labute approximate surface area is 276 Å². The molecule has 0 fully saturated rings. The van der Waals surface area contributed by atoms with E-state index in [4.69, 9.17) is 42.1 Å². The second kappa shape index (κ2) is 18.1. The molecule has 244 valence electrons. The van der Waals surface area contributed by atoms with Gasteiger partial charge < -0.3 is 18.9 Å². The van der Waals surface area contributed by atoms with Crippen molar-refractivity contribution in [3.63, 3.8) is 0 Å². The molecule has 7 heteroatoms. The Morgan fingerprint density at radius 2 is 0.884 bits per heavy atom. The summed E-state index contributed by atoms with van der Waals surface area (Å²) in [6.07, 6.45) is -0.0349. The van der Waals surface area contributed by atoms with Gasteiger partial charge in [-0.25, -0.2) is 0 Å². The molecule has 4 nitrogen and oxygen atoms in total. The zero-order valence-corrected chi connectivity index (χ0v) is 30.5. The van der Waals surface area contributed by atoms with E-state index in [1.165, 1.54) is 11.1 Å². The van der Waals surface area contributed by atoms with Gasteiger partial charge in [-0.1, -0.05) is 79.7 Å². The molecular weight excluding hydrogens is 599 g/mol. The summed E-state index contributed by atoms with van der Waals surface area (Å²) in [5.74, 6) is 3.83. The molecule has 0 heterocycles. The predicted octanol–water partition coefficient (Wildman–Crippen LogP) is 9.77. The molecule has 0 aromatic heterocycles. The Bertz CT molecular complexity index is 950. The Kier molecular flexibility index (Phi) is 16.1. The second-order valence-electron chi connectivity index (χ2n) is 14.0. The number of alkyl halides is 2. The lowest BCUT2D eigenvalue weighted by Crippen LogP contribution is -2.27. The van der Waals surface area contributed by atoms with Crippen LogP contribution >= 0.6 is 35.0 Å². The summed E-state index contributed by atoms with van der Waals surface area (Å²) >= 11 is 15.2. The minimum absolute atomic E-state index is 0.00752. The molecule has 0 N–H and O–H groups in total. The molecule has 0 spiro atoms. The van der Waals surface area contributed by atoms with Crippen molar-refractivity contribution in [3.8, 4) is 11.5 Å². The summed E-state index contributed by atoms with van der Waals surface area (Å²) < 4.78 is 23.9. The maximum absolute atomic E-state index is 6.71. The van der Waals surface area contributed by atoms with Gasteiger partial charge in [-0.05, 0) is 71.9 Å². The number of hydrogen-bond acceptors (Lipinski definition) is 5. The molecule has 2 aromatic carbocycles. The van der Waals surface area contributed by atoms with Crippen molar-refractivity contribution in [2.24, 2.45) is 11.8 Å². The summed E-state index contributed by atoms with van der Waals surface area (Å²) in [5.41, 5.74) is 2.85. The third kappa shape index (κ3) is 14.7. The van der Waals surface area contributed by atoms with E-state index in [1.54, 1.807) is 11.8 Å². The lowest BCUT2D eigenvalue weighted by atomic mass is 9.87. The molecule has 0 saturated heterocycles. The standard InChI is InChI=1S/C36H56Cl2O4S/c1-25(19-39-27(3)21-41-31-15-11-29(12-16-31)35(5,6)7)33(37)23-43-24-34(38)26(2)20-40-28(4)22-42-32-17-13-30(14-18-32)36(8,9)10/h11-18,25-28,33-34H,19-24H2,1-10H3. The molecule has 6 unspecified atom stereocenters. The summed E-state index contributed by atoms with van der Waals surface area (Å²) in [6, 6.07) is 16.6. The molecular formula is C36H56Cl2O4S. The van der Waals surface area contributed by atoms with Gasteiger partial charge in [0, 0.05) is 22.3 Å². The van der Waals surface area contributed by atoms with E-state index in [0.717, 1.165) is 23.0 Å². The smallest absolute Gasteiger partial charge is 0.119 e. The number of hydrogen-bond donors (Lipinski definition) is 0. The van der Waals surface area contributed by atoms with Gasteiger partial charge in [-0.3, -0.25) is 0 Å². The summed E-state index contributed by atoms with van der Waals surface area (Å²) in [6.45, 7) is 23.8. The van der Waals surface area contributed by atoms with Crippen molar-refractivity contribution in [2.45, 2.75) is 103 Å². The first-order valence-corrected chi connectivity index (χ1v) is 17.6. The van der Waals surface area contributed by atoms with Gasteiger partial charge in [0.1, 0.15) is 24.7 Å². The fourth-order valence-electron chi connectivity index (χ4n) is 4.09. The molecule has 0 amide bonds. The van der Waals surface area contributed by atoms with Gasteiger partial charge in [-0.15, -0.1) is 23.2 Å². The molecule has 0 aliphatic heterocycles. The third-order valence-electron chi connectivity index (χ3n) is 7.49. The van der Waals surface area contributed by atoms with Crippen LogP contribution in [0.4, 0.5) is 0 Å². The molecule has 43 heavy (non-hydrogen) atoms. The van der Waals surface area contributed by atoms with Crippen LogP contribution in [0.25, 0.3) is 0 Å². The fraction of sp³-hybridized carbons (Fsp3) is 0.667. The number of rotatable bonds is 18. The minimum Gasteiger partial charge on any atom is -0.491 e. The van der Waals surface area contributed by atoms with Gasteiger partial charge in [-0.2, -0.15) is 11.8 Å². The molecule has 0 aliphatic carbocycles. The molecule has 2 aromatic rings. The van der Waals surface area contributed by atoms with E-state index >= 15 is 0 Å². The van der Waals surface area contributed by atoms with E-state index in [1.807, 2.05) is 38.1 Å². The van der Waals surface area contributed by atoms with Crippen molar-refractivity contribution in [1.29, 1.82) is 0 Å². The quantitative estimate of drug-likeness (QED) is 0.150. The number of thioether (sulfide) groups is 1. The highest BCUT2D eigenvalue weighted by Crippen LogP contribution is 2.26. The van der Waals surface area contributed by atoms with Crippen LogP contribution in [0.3, 0.4) is 0 Å². The van der Waals surface area contributed by atoms with E-state index < -0.39 is 0 Å². The van der Waals surface area contributed by atoms with Gasteiger partial charge in [0.05, 0.1) is 25.4 Å². The van der Waals surface area contributed by atoms with E-state index in [0.29, 0.717) is 26.4 Å². The molecule has 0 aliphatic rings. The fourth-order valence-corrected chi connectivity index (χ4v) is 6.01. The maximum Gasteiger partial charge on any atom is 0.119 e. The number of benzene rings is 2. The average Bonchev–Trinajstić information content (AvgIpc) is 2.95. The maximum atomic E-state index is 6.71. The van der Waals surface area contributed by atoms with Gasteiger partial charge in [0.2, 0.25) is 0 Å². The van der Waals surface area contributed by atoms with Gasteiger partial charge >= 0.3 is 0 Å². The topological polar surface area (TPSA) is 36.9 Å². The van der Waals surface area contributed by atoms with Crippen molar-refractivity contribution < 1.29 is 18.9 Å². The second-order valence-corrected chi connectivity index (χ2v) is 16.2. The monoisotopic (exact) mass is 654 g/mol. The van der Waals surface area contributed by atoms with E-state index in [-0.39, 0.29) is 45.6 Å². The lowest BCUT2D eigenvalue weighted by molar-refractivity contribution is 0.0155. The van der Waals surface area contributed by atoms with Crippen molar-refractivity contribution in [1.82, 2.24) is 0 Å². The van der Waals surface area contributed by atoms with Gasteiger partial charge in [0.15, 0.2) is 0 Å². The Hall–Kier alpha value is -1.11. The summed E-state index contributed by atoms with van der Waals surface area (Å²) in [5, 5.41) is 0.0150. The zero-order valence-electron chi connectivity index (χ0n) is 28.1. The molecule has 6 atom stereocenters. The average molecular weight is 656 g/mol. The van der Waals surface area contributed by atoms with Crippen LogP contribution < -0.4 is 9.47 Å². The lowest BCUT2D eigenvalue weighted by Gasteiger charge is -2.23. The van der Waals surface area contributed by atoms with Gasteiger partial charge in [0.25, 0.3) is 0 Å². The Balaban J connectivity index is 1.58. The van der Waals surface area contributed by atoms with Crippen LogP contribution in [0.2, 0.25) is 0 Å². The molecule has 0 radical (unpaired) electrons. The van der Waals surface area contributed by atoms with E-state index in [9.17, 15) is 0 Å². The normalized spacial score (nSPS) is 16.7. The minimum atomic E-state index is -0.0175. The van der Waals surface area contributed by atoms with Crippen molar-refractivity contribution in [2.75, 3.05) is 37.9 Å². The Morgan fingerprint density at radius 3 is 1.19 bits per heavy atom. The van der Waals surface area contributed by atoms with Crippen molar-refractivity contribution >= 4 is 35.0 Å². The summed E-state index contributed by atoms with van der Waals surface area (Å²) in [7, 11) is 0. The summed E-state index contributed by atoms with van der Waals surface area (Å²) in [4.78, 5) is 0. The first-order valence-electron chi connectivity index (χ1n) is 15.6.